The Balaban J connectivity index is 3.24. The minimum atomic E-state index is -1.57. The van der Waals surface area contributed by atoms with E-state index in [1.807, 2.05) is 0 Å². The summed E-state index contributed by atoms with van der Waals surface area (Å²) in [7, 11) is 0. The van der Waals surface area contributed by atoms with E-state index >= 15 is 0 Å². The van der Waals surface area contributed by atoms with Gasteiger partial charge in [-0.05, 0) is 36.1 Å². The monoisotopic (exact) mass is 213 g/mol. The van der Waals surface area contributed by atoms with E-state index in [0.29, 0.717) is 11.1 Å². The summed E-state index contributed by atoms with van der Waals surface area (Å²) in [6.45, 7) is 5.16. The minimum absolute atomic E-state index is 0.0862. The standard InChI is InChI=1S/C12H17F2N/c1-8(2)12(14,7-15)11-5-4-10(13)6-9(11)3/h4-6,8H,7,15H2,1-3H3. The summed E-state index contributed by atoms with van der Waals surface area (Å²) < 4.78 is 27.4. The maximum atomic E-state index is 14.5. The number of alkyl halides is 1. The van der Waals surface area contributed by atoms with Gasteiger partial charge in [0.2, 0.25) is 0 Å². The molecule has 0 aliphatic carbocycles. The zero-order valence-electron chi connectivity index (χ0n) is 9.35. The quantitative estimate of drug-likeness (QED) is 0.820. The van der Waals surface area contributed by atoms with Gasteiger partial charge in [-0.3, -0.25) is 0 Å². The number of hydrogen-bond acceptors (Lipinski definition) is 1. The molecule has 0 saturated carbocycles. The van der Waals surface area contributed by atoms with Crippen molar-refractivity contribution < 1.29 is 8.78 Å². The van der Waals surface area contributed by atoms with Gasteiger partial charge in [0.1, 0.15) is 5.82 Å². The Labute approximate surface area is 89.3 Å². The summed E-state index contributed by atoms with van der Waals surface area (Å²) in [6.07, 6.45) is 0. The molecule has 0 aliphatic heterocycles. The number of halogens is 2. The van der Waals surface area contributed by atoms with Gasteiger partial charge in [-0.15, -0.1) is 0 Å². The lowest BCUT2D eigenvalue weighted by molar-refractivity contribution is 0.108. The van der Waals surface area contributed by atoms with E-state index in [1.54, 1.807) is 20.8 Å². The molecule has 1 unspecified atom stereocenters. The van der Waals surface area contributed by atoms with E-state index < -0.39 is 5.67 Å². The Bertz CT molecular complexity index is 349. The van der Waals surface area contributed by atoms with Crippen LogP contribution in [0, 0.1) is 18.7 Å². The van der Waals surface area contributed by atoms with Crippen molar-refractivity contribution >= 4 is 0 Å². The second-order valence-electron chi connectivity index (χ2n) is 4.18. The van der Waals surface area contributed by atoms with Gasteiger partial charge in [-0.2, -0.15) is 0 Å². The maximum absolute atomic E-state index is 14.5. The van der Waals surface area contributed by atoms with Gasteiger partial charge in [0, 0.05) is 6.54 Å². The highest BCUT2D eigenvalue weighted by atomic mass is 19.1. The molecule has 1 atom stereocenters. The molecule has 0 heterocycles. The SMILES string of the molecule is Cc1cc(F)ccc1C(F)(CN)C(C)C. The van der Waals surface area contributed by atoms with Crippen LogP contribution in [0.5, 0.6) is 0 Å². The van der Waals surface area contributed by atoms with Crippen molar-refractivity contribution in [1.82, 2.24) is 0 Å². The van der Waals surface area contributed by atoms with E-state index in [-0.39, 0.29) is 18.3 Å². The average Bonchev–Trinajstić information content (AvgIpc) is 2.16. The van der Waals surface area contributed by atoms with Gasteiger partial charge < -0.3 is 5.73 Å². The third-order valence-corrected chi connectivity index (χ3v) is 2.85. The molecule has 3 heteroatoms. The Kier molecular flexibility index (Phi) is 3.45. The summed E-state index contributed by atoms with van der Waals surface area (Å²) in [4.78, 5) is 0. The van der Waals surface area contributed by atoms with Crippen LogP contribution in [-0.4, -0.2) is 6.54 Å². The summed E-state index contributed by atoms with van der Waals surface area (Å²) >= 11 is 0. The fraction of sp³-hybridized carbons (Fsp3) is 0.500. The van der Waals surface area contributed by atoms with Gasteiger partial charge >= 0.3 is 0 Å². The molecule has 0 spiro atoms. The Hall–Kier alpha value is -0.960. The first kappa shape index (κ1) is 12.1. The second-order valence-corrected chi connectivity index (χ2v) is 4.18. The summed E-state index contributed by atoms with van der Waals surface area (Å²) in [5.41, 5.74) is 5.00. The molecule has 84 valence electrons. The average molecular weight is 213 g/mol. The topological polar surface area (TPSA) is 26.0 Å². The van der Waals surface area contributed by atoms with Crippen LogP contribution in [0.2, 0.25) is 0 Å². The molecule has 1 nitrogen and oxygen atoms in total. The maximum Gasteiger partial charge on any atom is 0.150 e. The summed E-state index contributed by atoms with van der Waals surface area (Å²) in [5, 5.41) is 0. The number of benzene rings is 1. The van der Waals surface area contributed by atoms with E-state index in [0.717, 1.165) is 0 Å². The molecule has 0 saturated heterocycles. The van der Waals surface area contributed by atoms with Crippen LogP contribution in [0.25, 0.3) is 0 Å². The summed E-state index contributed by atoms with van der Waals surface area (Å²) in [6, 6.07) is 4.09. The van der Waals surface area contributed by atoms with E-state index in [2.05, 4.69) is 0 Å². The number of hydrogen-bond donors (Lipinski definition) is 1. The van der Waals surface area contributed by atoms with Crippen molar-refractivity contribution in [2.24, 2.45) is 11.7 Å². The first-order valence-electron chi connectivity index (χ1n) is 5.07. The van der Waals surface area contributed by atoms with Gasteiger partial charge in [-0.1, -0.05) is 19.9 Å². The van der Waals surface area contributed by atoms with Crippen LogP contribution in [0.3, 0.4) is 0 Å². The Morgan fingerprint density at radius 3 is 2.40 bits per heavy atom. The Morgan fingerprint density at radius 2 is 2.00 bits per heavy atom. The van der Waals surface area contributed by atoms with Crippen LogP contribution in [0.1, 0.15) is 25.0 Å². The van der Waals surface area contributed by atoms with Crippen molar-refractivity contribution in [2.45, 2.75) is 26.4 Å². The van der Waals surface area contributed by atoms with Crippen LogP contribution in [0.15, 0.2) is 18.2 Å². The molecule has 0 radical (unpaired) electrons. The third-order valence-electron chi connectivity index (χ3n) is 2.85. The second kappa shape index (κ2) is 4.27. The molecular weight excluding hydrogens is 196 g/mol. The highest BCUT2D eigenvalue weighted by molar-refractivity contribution is 5.32. The largest absolute Gasteiger partial charge is 0.327 e. The minimum Gasteiger partial charge on any atom is -0.327 e. The zero-order chi connectivity index (χ0) is 11.6. The van der Waals surface area contributed by atoms with E-state index in [1.165, 1.54) is 18.2 Å². The van der Waals surface area contributed by atoms with Crippen molar-refractivity contribution in [1.29, 1.82) is 0 Å². The highest BCUT2D eigenvalue weighted by Crippen LogP contribution is 2.35. The van der Waals surface area contributed by atoms with Crippen molar-refractivity contribution in [3.8, 4) is 0 Å². The van der Waals surface area contributed by atoms with Gasteiger partial charge in [0.15, 0.2) is 5.67 Å². The Morgan fingerprint density at radius 1 is 1.40 bits per heavy atom. The third kappa shape index (κ3) is 2.17. The fourth-order valence-corrected chi connectivity index (χ4v) is 1.75. The van der Waals surface area contributed by atoms with Crippen molar-refractivity contribution in [2.75, 3.05) is 6.54 Å². The molecule has 15 heavy (non-hydrogen) atoms. The smallest absolute Gasteiger partial charge is 0.150 e. The van der Waals surface area contributed by atoms with Crippen LogP contribution < -0.4 is 5.73 Å². The molecule has 0 bridgehead atoms. The molecule has 0 fully saturated rings. The van der Waals surface area contributed by atoms with Crippen molar-refractivity contribution in [3.63, 3.8) is 0 Å². The lowest BCUT2D eigenvalue weighted by atomic mass is 9.83. The van der Waals surface area contributed by atoms with Gasteiger partial charge in [-0.25, -0.2) is 8.78 Å². The fourth-order valence-electron chi connectivity index (χ4n) is 1.75. The normalized spacial score (nSPS) is 15.4. The van der Waals surface area contributed by atoms with Gasteiger partial charge in [0.05, 0.1) is 0 Å². The molecule has 0 aromatic heterocycles. The summed E-state index contributed by atoms with van der Waals surface area (Å²) in [5.74, 6) is -0.578. The lowest BCUT2D eigenvalue weighted by Gasteiger charge is -2.29. The van der Waals surface area contributed by atoms with E-state index in [9.17, 15) is 8.78 Å². The predicted molar refractivity (Wildman–Crippen MR) is 57.8 cm³/mol. The number of rotatable bonds is 3. The highest BCUT2D eigenvalue weighted by Gasteiger charge is 2.35. The molecule has 0 aliphatic rings. The number of aryl methyl sites for hydroxylation is 1. The molecular formula is C12H17F2N. The number of nitrogens with two attached hydrogens (primary N) is 1. The van der Waals surface area contributed by atoms with E-state index in [4.69, 9.17) is 5.73 Å². The van der Waals surface area contributed by atoms with Crippen molar-refractivity contribution in [3.05, 3.63) is 35.1 Å². The predicted octanol–water partition coefficient (Wildman–Crippen LogP) is 2.91. The molecule has 2 N–H and O–H groups in total. The first-order valence-corrected chi connectivity index (χ1v) is 5.07. The molecule has 0 amide bonds. The van der Waals surface area contributed by atoms with Crippen LogP contribution in [-0.2, 0) is 5.67 Å². The van der Waals surface area contributed by atoms with Crippen LogP contribution >= 0.6 is 0 Å². The first-order chi connectivity index (χ1) is 6.91. The molecule has 1 aromatic carbocycles. The molecule has 1 aromatic rings. The van der Waals surface area contributed by atoms with Gasteiger partial charge in [0.25, 0.3) is 0 Å². The zero-order valence-corrected chi connectivity index (χ0v) is 9.35. The lowest BCUT2D eigenvalue weighted by Crippen LogP contribution is -2.36. The van der Waals surface area contributed by atoms with Crippen LogP contribution in [0.4, 0.5) is 8.78 Å². The molecule has 1 rings (SSSR count).